The van der Waals surface area contributed by atoms with Crippen molar-refractivity contribution >= 4 is 0 Å². The highest BCUT2D eigenvalue weighted by Gasteiger charge is 2.69. The lowest BCUT2D eigenvalue weighted by Crippen LogP contribution is -2.38. The molecule has 1 heteroatoms. The molecule has 2 saturated carbocycles. The summed E-state index contributed by atoms with van der Waals surface area (Å²) in [5, 5.41) is 10.4. The van der Waals surface area contributed by atoms with Gasteiger partial charge in [-0.3, -0.25) is 0 Å². The lowest BCUT2D eigenvalue weighted by atomic mass is 9.62. The van der Waals surface area contributed by atoms with Crippen molar-refractivity contribution in [3.63, 3.8) is 0 Å². The minimum absolute atomic E-state index is 0.0862. The predicted molar refractivity (Wildman–Crippen MR) is 69.9 cm³/mol. The Morgan fingerprint density at radius 1 is 1.06 bits per heavy atom. The third-order valence-corrected chi connectivity index (χ3v) is 6.30. The van der Waals surface area contributed by atoms with Crippen LogP contribution in [0.25, 0.3) is 0 Å². The molecule has 2 aliphatic rings. The number of rotatable bonds is 1. The summed E-state index contributed by atoms with van der Waals surface area (Å²) < 4.78 is 0. The molecule has 2 aliphatic carbocycles. The molecule has 0 aliphatic heterocycles. The van der Waals surface area contributed by atoms with Crippen LogP contribution in [0.3, 0.4) is 0 Å². The van der Waals surface area contributed by atoms with Crippen molar-refractivity contribution in [2.24, 2.45) is 10.8 Å². The van der Waals surface area contributed by atoms with E-state index in [9.17, 15) is 5.11 Å². The van der Waals surface area contributed by atoms with Crippen molar-refractivity contribution in [2.45, 2.75) is 51.6 Å². The van der Waals surface area contributed by atoms with Crippen LogP contribution in [-0.2, 0) is 5.41 Å². The fourth-order valence-corrected chi connectivity index (χ4v) is 4.52. The summed E-state index contributed by atoms with van der Waals surface area (Å²) in [7, 11) is 0. The molecule has 0 saturated heterocycles. The Balaban J connectivity index is 2.17. The SMILES string of the molecule is CC12CCC(c3ccccc3)(CC1O)C2(C)C. The second-order valence-electron chi connectivity index (χ2n) is 6.71. The molecule has 0 spiro atoms. The zero-order valence-electron chi connectivity index (χ0n) is 11.0. The maximum Gasteiger partial charge on any atom is 0.0607 e. The van der Waals surface area contributed by atoms with Crippen LogP contribution in [0.4, 0.5) is 0 Å². The van der Waals surface area contributed by atoms with Crippen LogP contribution in [0.1, 0.15) is 45.6 Å². The second-order valence-corrected chi connectivity index (χ2v) is 6.71. The van der Waals surface area contributed by atoms with Crippen molar-refractivity contribution in [2.75, 3.05) is 0 Å². The summed E-state index contributed by atoms with van der Waals surface area (Å²) in [5.74, 6) is 0. The minimum atomic E-state index is -0.147. The molecule has 1 nitrogen and oxygen atoms in total. The molecule has 0 aromatic heterocycles. The van der Waals surface area contributed by atoms with E-state index in [0.29, 0.717) is 0 Å². The molecule has 1 aromatic rings. The van der Waals surface area contributed by atoms with Crippen LogP contribution >= 0.6 is 0 Å². The molecular formula is C16H22O. The summed E-state index contributed by atoms with van der Waals surface area (Å²) in [4.78, 5) is 0. The van der Waals surface area contributed by atoms with Gasteiger partial charge in [0.15, 0.2) is 0 Å². The van der Waals surface area contributed by atoms with Gasteiger partial charge in [-0.05, 0) is 35.7 Å². The average molecular weight is 230 g/mol. The van der Waals surface area contributed by atoms with Gasteiger partial charge in [0.1, 0.15) is 0 Å². The highest BCUT2D eigenvalue weighted by atomic mass is 16.3. The molecule has 1 aromatic carbocycles. The molecule has 3 atom stereocenters. The molecule has 3 unspecified atom stereocenters. The topological polar surface area (TPSA) is 20.2 Å². The van der Waals surface area contributed by atoms with Crippen LogP contribution in [0.5, 0.6) is 0 Å². The van der Waals surface area contributed by atoms with E-state index in [1.165, 1.54) is 12.0 Å². The van der Waals surface area contributed by atoms with Gasteiger partial charge in [-0.15, -0.1) is 0 Å². The molecule has 0 heterocycles. The minimum Gasteiger partial charge on any atom is -0.393 e. The van der Waals surface area contributed by atoms with Crippen LogP contribution in [0, 0.1) is 10.8 Å². The number of aliphatic hydroxyl groups is 1. The molecule has 17 heavy (non-hydrogen) atoms. The van der Waals surface area contributed by atoms with E-state index in [2.05, 4.69) is 51.1 Å². The molecule has 2 fully saturated rings. The van der Waals surface area contributed by atoms with E-state index in [-0.39, 0.29) is 22.3 Å². The van der Waals surface area contributed by atoms with E-state index in [4.69, 9.17) is 0 Å². The van der Waals surface area contributed by atoms with Gasteiger partial charge >= 0.3 is 0 Å². The Hall–Kier alpha value is -0.820. The van der Waals surface area contributed by atoms with E-state index >= 15 is 0 Å². The summed E-state index contributed by atoms with van der Waals surface area (Å²) in [6, 6.07) is 10.8. The molecule has 0 radical (unpaired) electrons. The van der Waals surface area contributed by atoms with Crippen molar-refractivity contribution < 1.29 is 5.11 Å². The summed E-state index contributed by atoms with van der Waals surface area (Å²) in [6.45, 7) is 6.97. The van der Waals surface area contributed by atoms with Crippen LogP contribution in [0.15, 0.2) is 30.3 Å². The van der Waals surface area contributed by atoms with Gasteiger partial charge in [0.2, 0.25) is 0 Å². The first-order valence-electron chi connectivity index (χ1n) is 6.68. The molecule has 3 rings (SSSR count). The largest absolute Gasteiger partial charge is 0.393 e. The standard InChI is InChI=1S/C16H22O/c1-14(2)15(3)9-10-16(14,11-13(15)17)12-7-5-4-6-8-12/h4-8,13,17H,9-11H2,1-3H3. The van der Waals surface area contributed by atoms with Gasteiger partial charge in [-0.2, -0.15) is 0 Å². The van der Waals surface area contributed by atoms with Gasteiger partial charge in [0, 0.05) is 5.41 Å². The fourth-order valence-electron chi connectivity index (χ4n) is 4.52. The maximum absolute atomic E-state index is 10.4. The Kier molecular flexibility index (Phi) is 2.08. The van der Waals surface area contributed by atoms with E-state index in [1.807, 2.05) is 0 Å². The first-order chi connectivity index (χ1) is 7.94. The van der Waals surface area contributed by atoms with E-state index in [0.717, 1.165) is 12.8 Å². The number of aliphatic hydroxyl groups excluding tert-OH is 1. The number of hydrogen-bond acceptors (Lipinski definition) is 1. The highest BCUT2D eigenvalue weighted by molar-refractivity contribution is 5.36. The van der Waals surface area contributed by atoms with Crippen LogP contribution < -0.4 is 0 Å². The Labute approximate surface area is 104 Å². The Morgan fingerprint density at radius 2 is 1.71 bits per heavy atom. The van der Waals surface area contributed by atoms with Gasteiger partial charge in [0.05, 0.1) is 6.10 Å². The fraction of sp³-hybridized carbons (Fsp3) is 0.625. The molecule has 0 amide bonds. The lowest BCUT2D eigenvalue weighted by molar-refractivity contribution is 0.0123. The summed E-state index contributed by atoms with van der Waals surface area (Å²) >= 11 is 0. The van der Waals surface area contributed by atoms with Crippen molar-refractivity contribution in [3.8, 4) is 0 Å². The first-order valence-corrected chi connectivity index (χ1v) is 6.68. The molecule has 2 bridgehead atoms. The van der Waals surface area contributed by atoms with Gasteiger partial charge < -0.3 is 5.11 Å². The normalized spacial score (nSPS) is 42.9. The van der Waals surface area contributed by atoms with Crippen LogP contribution in [-0.4, -0.2) is 11.2 Å². The van der Waals surface area contributed by atoms with Gasteiger partial charge in [0.25, 0.3) is 0 Å². The quantitative estimate of drug-likeness (QED) is 0.782. The first kappa shape index (κ1) is 11.3. The lowest BCUT2D eigenvalue weighted by Gasteiger charge is -2.41. The highest BCUT2D eigenvalue weighted by Crippen LogP contribution is 2.72. The Morgan fingerprint density at radius 3 is 2.18 bits per heavy atom. The third kappa shape index (κ3) is 1.09. The molecule has 1 N–H and O–H groups in total. The maximum atomic E-state index is 10.4. The molecule has 92 valence electrons. The van der Waals surface area contributed by atoms with Crippen molar-refractivity contribution in [1.82, 2.24) is 0 Å². The predicted octanol–water partition coefficient (Wildman–Crippen LogP) is 3.52. The second kappa shape index (κ2) is 3.14. The zero-order chi connectivity index (χ0) is 12.3. The smallest absolute Gasteiger partial charge is 0.0607 e. The van der Waals surface area contributed by atoms with E-state index in [1.54, 1.807) is 0 Å². The number of benzene rings is 1. The van der Waals surface area contributed by atoms with Crippen molar-refractivity contribution in [3.05, 3.63) is 35.9 Å². The summed E-state index contributed by atoms with van der Waals surface area (Å²) in [5.41, 5.74) is 1.87. The van der Waals surface area contributed by atoms with Gasteiger partial charge in [-0.1, -0.05) is 51.1 Å². The van der Waals surface area contributed by atoms with Gasteiger partial charge in [-0.25, -0.2) is 0 Å². The Bertz CT molecular complexity index is 436. The zero-order valence-corrected chi connectivity index (χ0v) is 11.0. The van der Waals surface area contributed by atoms with E-state index < -0.39 is 0 Å². The number of hydrogen-bond donors (Lipinski definition) is 1. The monoisotopic (exact) mass is 230 g/mol. The summed E-state index contributed by atoms with van der Waals surface area (Å²) in [6.07, 6.45) is 3.15. The molecular weight excluding hydrogens is 208 g/mol. The average Bonchev–Trinajstić information content (AvgIpc) is 2.61. The van der Waals surface area contributed by atoms with Crippen molar-refractivity contribution in [1.29, 1.82) is 0 Å². The number of fused-ring (bicyclic) bond motifs is 2. The van der Waals surface area contributed by atoms with Crippen LogP contribution in [0.2, 0.25) is 0 Å². The third-order valence-electron chi connectivity index (χ3n) is 6.30.